The zero-order chi connectivity index (χ0) is 17.4. The maximum Gasteiger partial charge on any atom is 0.161 e. The molecule has 0 aliphatic rings. The predicted octanol–water partition coefficient (Wildman–Crippen LogP) is 3.86. The maximum absolute atomic E-state index is 9.83. The summed E-state index contributed by atoms with van der Waals surface area (Å²) >= 11 is 0. The second-order valence-corrected chi connectivity index (χ2v) is 5.79. The highest BCUT2D eigenvalue weighted by molar-refractivity contribution is 5.42. The van der Waals surface area contributed by atoms with E-state index in [1.54, 1.807) is 6.07 Å². The fourth-order valence-corrected chi connectivity index (χ4v) is 2.66. The lowest BCUT2D eigenvalue weighted by Crippen LogP contribution is -2.15. The smallest absolute Gasteiger partial charge is 0.161 e. The lowest BCUT2D eigenvalue weighted by Gasteiger charge is -2.17. The number of hydrogen-bond acceptors (Lipinski definition) is 4. The minimum atomic E-state index is 0.167. The zero-order valence-electron chi connectivity index (χ0n) is 14.5. The molecule has 0 saturated carbocycles. The topological polar surface area (TPSA) is 64.7 Å². The highest BCUT2D eigenvalue weighted by Gasteiger charge is 2.13. The molecule has 0 aliphatic heterocycles. The molecule has 2 rings (SSSR count). The molecule has 4 nitrogen and oxygen atoms in total. The van der Waals surface area contributed by atoms with Gasteiger partial charge in [0.25, 0.3) is 0 Å². The normalized spacial score (nSPS) is 12.0. The Hall–Kier alpha value is -2.20. The highest BCUT2D eigenvalue weighted by Crippen LogP contribution is 2.30. The van der Waals surface area contributed by atoms with Gasteiger partial charge in [-0.2, -0.15) is 0 Å². The van der Waals surface area contributed by atoms with Gasteiger partial charge in [0.05, 0.1) is 13.2 Å². The van der Waals surface area contributed by atoms with E-state index < -0.39 is 0 Å². The molecule has 130 valence electrons. The Labute approximate surface area is 144 Å². The molecule has 0 saturated heterocycles. The Morgan fingerprint density at radius 1 is 1.08 bits per heavy atom. The average molecular weight is 329 g/mol. The summed E-state index contributed by atoms with van der Waals surface area (Å²) in [6.45, 7) is 5.77. The number of hydrogen-bond donors (Lipinski definition) is 2. The first-order valence-electron chi connectivity index (χ1n) is 8.55. The van der Waals surface area contributed by atoms with E-state index in [9.17, 15) is 5.11 Å². The quantitative estimate of drug-likeness (QED) is 0.733. The number of nitrogens with two attached hydrogens (primary N) is 1. The standard InChI is InChI=1S/C20H27NO3/c1-3-10-24-18-7-5-6-16(13-18)17(14-21)11-15-8-9-19(22)20(12-15)23-4-2/h5-9,12-13,17,22H,3-4,10-11,14,21H2,1-2H3. The predicted molar refractivity (Wildman–Crippen MR) is 97.0 cm³/mol. The van der Waals surface area contributed by atoms with E-state index in [4.69, 9.17) is 15.2 Å². The molecule has 4 heteroatoms. The second-order valence-electron chi connectivity index (χ2n) is 5.79. The third kappa shape index (κ3) is 4.90. The minimum Gasteiger partial charge on any atom is -0.504 e. The van der Waals surface area contributed by atoms with Gasteiger partial charge >= 0.3 is 0 Å². The van der Waals surface area contributed by atoms with Gasteiger partial charge in [-0.25, -0.2) is 0 Å². The van der Waals surface area contributed by atoms with Crippen LogP contribution >= 0.6 is 0 Å². The van der Waals surface area contributed by atoms with Crippen LogP contribution in [0.15, 0.2) is 42.5 Å². The Kier molecular flexibility index (Phi) is 6.94. The van der Waals surface area contributed by atoms with Gasteiger partial charge in [-0.15, -0.1) is 0 Å². The van der Waals surface area contributed by atoms with Crippen molar-refractivity contribution in [2.24, 2.45) is 5.73 Å². The van der Waals surface area contributed by atoms with Crippen LogP contribution in [0.5, 0.6) is 17.2 Å². The van der Waals surface area contributed by atoms with Gasteiger partial charge in [0.1, 0.15) is 5.75 Å². The monoisotopic (exact) mass is 329 g/mol. The molecule has 1 atom stereocenters. The summed E-state index contributed by atoms with van der Waals surface area (Å²) in [5, 5.41) is 9.83. The molecule has 0 amide bonds. The van der Waals surface area contributed by atoms with Crippen molar-refractivity contribution in [3.63, 3.8) is 0 Å². The summed E-state index contributed by atoms with van der Waals surface area (Å²) in [4.78, 5) is 0. The van der Waals surface area contributed by atoms with Crippen molar-refractivity contribution in [3.8, 4) is 17.2 Å². The van der Waals surface area contributed by atoms with Gasteiger partial charge < -0.3 is 20.3 Å². The molecule has 0 spiro atoms. The maximum atomic E-state index is 9.83. The van der Waals surface area contributed by atoms with Gasteiger partial charge in [-0.1, -0.05) is 25.1 Å². The van der Waals surface area contributed by atoms with Crippen molar-refractivity contribution in [1.82, 2.24) is 0 Å². The number of phenols is 1. The van der Waals surface area contributed by atoms with Gasteiger partial charge in [0.2, 0.25) is 0 Å². The Balaban J connectivity index is 2.16. The van der Waals surface area contributed by atoms with Crippen molar-refractivity contribution in [1.29, 1.82) is 0 Å². The highest BCUT2D eigenvalue weighted by atomic mass is 16.5. The SMILES string of the molecule is CCCOc1cccc(C(CN)Cc2ccc(O)c(OCC)c2)c1. The molecule has 0 radical (unpaired) electrons. The molecule has 0 aliphatic carbocycles. The van der Waals surface area contributed by atoms with Crippen LogP contribution in [0.25, 0.3) is 0 Å². The van der Waals surface area contributed by atoms with Crippen LogP contribution in [0.4, 0.5) is 0 Å². The Bertz CT molecular complexity index is 643. The van der Waals surface area contributed by atoms with Crippen LogP contribution < -0.4 is 15.2 Å². The minimum absolute atomic E-state index is 0.167. The number of rotatable bonds is 9. The van der Waals surface area contributed by atoms with E-state index in [2.05, 4.69) is 19.1 Å². The lowest BCUT2D eigenvalue weighted by atomic mass is 9.92. The van der Waals surface area contributed by atoms with E-state index in [-0.39, 0.29) is 11.7 Å². The average Bonchev–Trinajstić information content (AvgIpc) is 2.61. The number of benzene rings is 2. The third-order valence-corrected chi connectivity index (χ3v) is 3.89. The van der Waals surface area contributed by atoms with Gasteiger partial charge in [-0.05, 0) is 61.7 Å². The molecular formula is C20H27NO3. The van der Waals surface area contributed by atoms with Gasteiger partial charge in [-0.3, -0.25) is 0 Å². The second kappa shape index (κ2) is 9.18. The first-order chi connectivity index (χ1) is 11.7. The first kappa shape index (κ1) is 18.1. The van der Waals surface area contributed by atoms with E-state index >= 15 is 0 Å². The van der Waals surface area contributed by atoms with Crippen LogP contribution in [0.1, 0.15) is 37.3 Å². The van der Waals surface area contributed by atoms with Crippen molar-refractivity contribution in [2.75, 3.05) is 19.8 Å². The first-order valence-corrected chi connectivity index (χ1v) is 8.55. The summed E-state index contributed by atoms with van der Waals surface area (Å²) in [6.07, 6.45) is 1.77. The lowest BCUT2D eigenvalue weighted by molar-refractivity contribution is 0.316. The van der Waals surface area contributed by atoms with E-state index in [1.165, 1.54) is 0 Å². The number of aromatic hydroxyl groups is 1. The number of phenolic OH excluding ortho intramolecular Hbond substituents is 1. The molecule has 0 heterocycles. The summed E-state index contributed by atoms with van der Waals surface area (Å²) in [7, 11) is 0. The molecule has 3 N–H and O–H groups in total. The Morgan fingerprint density at radius 3 is 2.62 bits per heavy atom. The van der Waals surface area contributed by atoms with E-state index in [0.717, 1.165) is 29.7 Å². The largest absolute Gasteiger partial charge is 0.504 e. The molecule has 0 bridgehead atoms. The summed E-state index contributed by atoms with van der Waals surface area (Å²) < 4.78 is 11.2. The van der Waals surface area contributed by atoms with Crippen LogP contribution in [0.2, 0.25) is 0 Å². The van der Waals surface area contributed by atoms with Crippen LogP contribution in [0.3, 0.4) is 0 Å². The summed E-state index contributed by atoms with van der Waals surface area (Å²) in [5.74, 6) is 1.76. The van der Waals surface area contributed by atoms with Crippen LogP contribution in [0, 0.1) is 0 Å². The van der Waals surface area contributed by atoms with E-state index in [1.807, 2.05) is 31.2 Å². The number of ether oxygens (including phenoxy) is 2. The van der Waals surface area contributed by atoms with Crippen molar-refractivity contribution >= 4 is 0 Å². The fourth-order valence-electron chi connectivity index (χ4n) is 2.66. The van der Waals surface area contributed by atoms with Crippen LogP contribution in [-0.2, 0) is 6.42 Å². The van der Waals surface area contributed by atoms with Crippen molar-refractivity contribution in [3.05, 3.63) is 53.6 Å². The van der Waals surface area contributed by atoms with Crippen molar-refractivity contribution in [2.45, 2.75) is 32.6 Å². The molecule has 2 aromatic carbocycles. The zero-order valence-corrected chi connectivity index (χ0v) is 14.5. The van der Waals surface area contributed by atoms with Crippen LogP contribution in [-0.4, -0.2) is 24.9 Å². The third-order valence-electron chi connectivity index (χ3n) is 3.89. The summed E-state index contributed by atoms with van der Waals surface area (Å²) in [6, 6.07) is 13.6. The van der Waals surface area contributed by atoms with E-state index in [0.29, 0.717) is 25.5 Å². The molecular weight excluding hydrogens is 302 g/mol. The van der Waals surface area contributed by atoms with Crippen molar-refractivity contribution < 1.29 is 14.6 Å². The Morgan fingerprint density at radius 2 is 1.92 bits per heavy atom. The van der Waals surface area contributed by atoms with Gasteiger partial charge in [0.15, 0.2) is 11.5 Å². The molecule has 0 aromatic heterocycles. The molecule has 2 aromatic rings. The molecule has 1 unspecified atom stereocenters. The fraction of sp³-hybridized carbons (Fsp3) is 0.400. The summed E-state index contributed by atoms with van der Waals surface area (Å²) in [5.41, 5.74) is 8.26. The molecule has 0 fully saturated rings. The molecule has 24 heavy (non-hydrogen) atoms. The van der Waals surface area contributed by atoms with Gasteiger partial charge in [0, 0.05) is 5.92 Å².